The Kier molecular flexibility index (Phi) is 4.44. The molecule has 7 heteroatoms. The Morgan fingerprint density at radius 2 is 2.08 bits per heavy atom. The van der Waals surface area contributed by atoms with Crippen molar-refractivity contribution in [2.45, 2.75) is 37.7 Å². The van der Waals surface area contributed by atoms with E-state index < -0.39 is 0 Å². The summed E-state index contributed by atoms with van der Waals surface area (Å²) in [5.41, 5.74) is 0.572. The van der Waals surface area contributed by atoms with Crippen LogP contribution >= 0.6 is 11.3 Å². The number of hydrogen-bond acceptors (Lipinski definition) is 6. The summed E-state index contributed by atoms with van der Waals surface area (Å²) in [6.45, 7) is 1.38. The SMILES string of the molecule is O=C(Nc1nnc(C2CC2)s1)c1ccc(OC[C@@H]2CCCO2)cc1. The molecule has 1 saturated carbocycles. The molecule has 1 aliphatic carbocycles. The van der Waals surface area contributed by atoms with E-state index in [0.717, 1.165) is 30.2 Å². The third-order valence-electron chi connectivity index (χ3n) is 4.16. The van der Waals surface area contributed by atoms with Crippen LogP contribution < -0.4 is 10.1 Å². The second-order valence-electron chi connectivity index (χ2n) is 6.14. The molecular weight excluding hydrogens is 326 g/mol. The molecule has 1 aromatic heterocycles. The van der Waals surface area contributed by atoms with Gasteiger partial charge >= 0.3 is 0 Å². The summed E-state index contributed by atoms with van der Waals surface area (Å²) in [5.74, 6) is 1.11. The lowest BCUT2D eigenvalue weighted by Crippen LogP contribution is -2.16. The van der Waals surface area contributed by atoms with E-state index in [0.29, 0.717) is 23.2 Å². The maximum atomic E-state index is 12.3. The first-order chi connectivity index (χ1) is 11.8. The van der Waals surface area contributed by atoms with E-state index >= 15 is 0 Å². The lowest BCUT2D eigenvalue weighted by Gasteiger charge is -2.11. The van der Waals surface area contributed by atoms with Crippen LogP contribution in [-0.2, 0) is 4.74 Å². The number of nitrogens with zero attached hydrogens (tertiary/aromatic N) is 2. The smallest absolute Gasteiger partial charge is 0.257 e. The summed E-state index contributed by atoms with van der Waals surface area (Å²) >= 11 is 1.46. The number of carbonyl (C=O) groups is 1. The summed E-state index contributed by atoms with van der Waals surface area (Å²) in [6.07, 6.45) is 4.68. The molecule has 24 heavy (non-hydrogen) atoms. The van der Waals surface area contributed by atoms with Crippen LogP contribution in [0.1, 0.15) is 47.0 Å². The van der Waals surface area contributed by atoms with Gasteiger partial charge in [0.05, 0.1) is 6.10 Å². The molecule has 126 valence electrons. The van der Waals surface area contributed by atoms with Crippen LogP contribution in [0.5, 0.6) is 5.75 Å². The minimum atomic E-state index is -0.181. The van der Waals surface area contributed by atoms with Crippen molar-refractivity contribution >= 4 is 22.4 Å². The first kappa shape index (κ1) is 15.5. The largest absolute Gasteiger partial charge is 0.491 e. The molecule has 1 aromatic carbocycles. The molecule has 2 aromatic rings. The molecule has 0 unspecified atom stereocenters. The van der Waals surface area contributed by atoms with Crippen molar-refractivity contribution in [3.05, 3.63) is 34.8 Å². The fourth-order valence-electron chi connectivity index (χ4n) is 2.62. The first-order valence-electron chi connectivity index (χ1n) is 8.27. The van der Waals surface area contributed by atoms with Gasteiger partial charge in [0, 0.05) is 18.1 Å². The van der Waals surface area contributed by atoms with Gasteiger partial charge in [-0.2, -0.15) is 0 Å². The topological polar surface area (TPSA) is 73.3 Å². The van der Waals surface area contributed by atoms with E-state index in [4.69, 9.17) is 9.47 Å². The van der Waals surface area contributed by atoms with Crippen molar-refractivity contribution in [2.24, 2.45) is 0 Å². The molecule has 6 nitrogen and oxygen atoms in total. The predicted molar refractivity (Wildman–Crippen MR) is 90.7 cm³/mol. The van der Waals surface area contributed by atoms with Crippen LogP contribution in [0.4, 0.5) is 5.13 Å². The van der Waals surface area contributed by atoms with Crippen molar-refractivity contribution in [3.8, 4) is 5.75 Å². The van der Waals surface area contributed by atoms with E-state index in [1.165, 1.54) is 24.2 Å². The highest BCUT2D eigenvalue weighted by atomic mass is 32.1. The van der Waals surface area contributed by atoms with Gasteiger partial charge in [-0.3, -0.25) is 10.1 Å². The Balaban J connectivity index is 1.32. The second kappa shape index (κ2) is 6.86. The molecule has 4 rings (SSSR count). The van der Waals surface area contributed by atoms with Crippen molar-refractivity contribution in [3.63, 3.8) is 0 Å². The monoisotopic (exact) mass is 345 g/mol. The van der Waals surface area contributed by atoms with Crippen molar-refractivity contribution in [1.29, 1.82) is 0 Å². The Hall–Kier alpha value is -1.99. The number of benzene rings is 1. The predicted octanol–water partition coefficient (Wildman–Crippen LogP) is 3.23. The van der Waals surface area contributed by atoms with Gasteiger partial charge in [0.15, 0.2) is 0 Å². The third-order valence-corrected chi connectivity index (χ3v) is 5.17. The van der Waals surface area contributed by atoms with Crippen LogP contribution in [0.3, 0.4) is 0 Å². The lowest BCUT2D eigenvalue weighted by molar-refractivity contribution is 0.0679. The zero-order chi connectivity index (χ0) is 16.4. The number of aromatic nitrogens is 2. The molecule has 2 aliphatic rings. The highest BCUT2D eigenvalue weighted by Crippen LogP contribution is 2.42. The Morgan fingerprint density at radius 1 is 1.25 bits per heavy atom. The van der Waals surface area contributed by atoms with E-state index in [1.807, 2.05) is 0 Å². The Labute approximate surface area is 144 Å². The van der Waals surface area contributed by atoms with E-state index in [9.17, 15) is 4.79 Å². The van der Waals surface area contributed by atoms with Crippen LogP contribution in [-0.4, -0.2) is 35.4 Å². The zero-order valence-corrected chi connectivity index (χ0v) is 14.1. The molecule has 2 fully saturated rings. The molecule has 1 atom stereocenters. The molecule has 2 heterocycles. The number of nitrogens with one attached hydrogen (secondary N) is 1. The number of anilines is 1. The van der Waals surface area contributed by atoms with Gasteiger partial charge in [-0.25, -0.2) is 0 Å². The Morgan fingerprint density at radius 3 is 2.79 bits per heavy atom. The standard InChI is InChI=1S/C17H19N3O3S/c21-15(18-17-20-19-16(24-17)12-3-4-12)11-5-7-13(8-6-11)23-10-14-2-1-9-22-14/h5-8,12,14H,1-4,9-10H2,(H,18,20,21)/t14-/m0/s1. The third kappa shape index (κ3) is 3.73. The van der Waals surface area contributed by atoms with E-state index in [1.54, 1.807) is 24.3 Å². The average Bonchev–Trinajstić information content (AvgIpc) is 3.13. The van der Waals surface area contributed by atoms with Crippen LogP contribution in [0.15, 0.2) is 24.3 Å². The Bertz CT molecular complexity index is 706. The fourth-order valence-corrected chi connectivity index (χ4v) is 3.52. The fraction of sp³-hybridized carbons (Fsp3) is 0.471. The maximum Gasteiger partial charge on any atom is 0.257 e. The minimum Gasteiger partial charge on any atom is -0.491 e. The molecular formula is C17H19N3O3S. The van der Waals surface area contributed by atoms with Crippen molar-refractivity contribution in [2.75, 3.05) is 18.5 Å². The molecule has 1 N–H and O–H groups in total. The van der Waals surface area contributed by atoms with Gasteiger partial charge in [0.2, 0.25) is 5.13 Å². The number of ether oxygens (including phenoxy) is 2. The maximum absolute atomic E-state index is 12.3. The molecule has 1 amide bonds. The number of rotatable bonds is 6. The highest BCUT2D eigenvalue weighted by Gasteiger charge is 2.27. The van der Waals surface area contributed by atoms with E-state index in [-0.39, 0.29) is 12.0 Å². The molecule has 1 saturated heterocycles. The lowest BCUT2D eigenvalue weighted by atomic mass is 10.2. The molecule has 0 bridgehead atoms. The van der Waals surface area contributed by atoms with Gasteiger partial charge in [-0.05, 0) is 49.9 Å². The van der Waals surface area contributed by atoms with Gasteiger partial charge in [0.25, 0.3) is 5.91 Å². The van der Waals surface area contributed by atoms with Crippen molar-refractivity contribution < 1.29 is 14.3 Å². The number of carbonyl (C=O) groups excluding carboxylic acids is 1. The normalized spacial score (nSPS) is 20.1. The minimum absolute atomic E-state index is 0.181. The summed E-state index contributed by atoms with van der Waals surface area (Å²) in [5, 5.41) is 12.5. The van der Waals surface area contributed by atoms with Gasteiger partial charge in [0.1, 0.15) is 17.4 Å². The number of amides is 1. The van der Waals surface area contributed by atoms with E-state index in [2.05, 4.69) is 15.5 Å². The molecule has 0 spiro atoms. The quantitative estimate of drug-likeness (QED) is 0.870. The van der Waals surface area contributed by atoms with Crippen LogP contribution in [0.2, 0.25) is 0 Å². The average molecular weight is 345 g/mol. The van der Waals surface area contributed by atoms with Crippen LogP contribution in [0, 0.1) is 0 Å². The molecule has 0 radical (unpaired) electrons. The van der Waals surface area contributed by atoms with Gasteiger partial charge in [-0.1, -0.05) is 11.3 Å². The molecule has 1 aliphatic heterocycles. The summed E-state index contributed by atoms with van der Waals surface area (Å²) in [4.78, 5) is 12.3. The summed E-state index contributed by atoms with van der Waals surface area (Å²) in [6, 6.07) is 7.12. The van der Waals surface area contributed by atoms with Gasteiger partial charge < -0.3 is 9.47 Å². The highest BCUT2D eigenvalue weighted by molar-refractivity contribution is 7.15. The zero-order valence-electron chi connectivity index (χ0n) is 13.2. The second-order valence-corrected chi connectivity index (χ2v) is 7.15. The van der Waals surface area contributed by atoms with Crippen molar-refractivity contribution in [1.82, 2.24) is 10.2 Å². The first-order valence-corrected chi connectivity index (χ1v) is 9.09. The van der Waals surface area contributed by atoms with Gasteiger partial charge in [-0.15, -0.1) is 10.2 Å². The summed E-state index contributed by atoms with van der Waals surface area (Å²) < 4.78 is 11.2. The van der Waals surface area contributed by atoms with Crippen LogP contribution in [0.25, 0.3) is 0 Å². The summed E-state index contributed by atoms with van der Waals surface area (Å²) in [7, 11) is 0. The number of hydrogen-bond donors (Lipinski definition) is 1.